The first-order chi connectivity index (χ1) is 10.3. The number of aliphatic hydroxyl groups is 1. The van der Waals surface area contributed by atoms with Gasteiger partial charge in [0, 0.05) is 38.6 Å². The standard InChI is InChI=1S/C15H20N4O2/c20-12(11-19-6-8-21-9-7-19)10-18-14-3-5-16-13-2-1-4-17-15(13)14/h1-5,12,20H,6-11H2,(H,16,18). The summed E-state index contributed by atoms with van der Waals surface area (Å²) in [5, 5.41) is 13.4. The minimum atomic E-state index is -0.421. The summed E-state index contributed by atoms with van der Waals surface area (Å²) >= 11 is 0. The number of anilines is 1. The third-order valence-electron chi connectivity index (χ3n) is 3.60. The second-order valence-electron chi connectivity index (χ2n) is 5.18. The molecule has 0 aromatic carbocycles. The second kappa shape index (κ2) is 6.80. The summed E-state index contributed by atoms with van der Waals surface area (Å²) < 4.78 is 5.30. The first-order valence-corrected chi connectivity index (χ1v) is 7.25. The van der Waals surface area contributed by atoms with E-state index in [2.05, 4.69) is 20.2 Å². The molecule has 2 aromatic heterocycles. The Morgan fingerprint density at radius 2 is 2.10 bits per heavy atom. The predicted molar refractivity (Wildman–Crippen MR) is 81.3 cm³/mol. The third kappa shape index (κ3) is 3.66. The lowest BCUT2D eigenvalue weighted by Crippen LogP contribution is -2.42. The number of β-amino-alcohol motifs (C(OH)–C–C–N with tert-alkyl or cyclic N) is 1. The normalized spacial score (nSPS) is 17.8. The Balaban J connectivity index is 1.58. The van der Waals surface area contributed by atoms with Gasteiger partial charge in [-0.15, -0.1) is 0 Å². The van der Waals surface area contributed by atoms with Crippen molar-refractivity contribution in [2.75, 3.05) is 44.7 Å². The van der Waals surface area contributed by atoms with Crippen LogP contribution < -0.4 is 5.32 Å². The Labute approximate surface area is 123 Å². The van der Waals surface area contributed by atoms with Crippen LogP contribution in [0.15, 0.2) is 30.6 Å². The van der Waals surface area contributed by atoms with Crippen LogP contribution in [0.3, 0.4) is 0 Å². The van der Waals surface area contributed by atoms with Gasteiger partial charge in [0.1, 0.15) is 5.52 Å². The number of morpholine rings is 1. The molecule has 1 saturated heterocycles. The quantitative estimate of drug-likeness (QED) is 0.845. The molecule has 6 heteroatoms. The van der Waals surface area contributed by atoms with Crippen molar-refractivity contribution in [3.8, 4) is 0 Å². The van der Waals surface area contributed by atoms with Gasteiger partial charge in [-0.05, 0) is 18.2 Å². The van der Waals surface area contributed by atoms with Crippen molar-refractivity contribution in [1.82, 2.24) is 14.9 Å². The number of pyridine rings is 2. The molecule has 1 unspecified atom stereocenters. The van der Waals surface area contributed by atoms with Crippen LogP contribution in [0.5, 0.6) is 0 Å². The highest BCUT2D eigenvalue weighted by Gasteiger charge is 2.15. The Morgan fingerprint density at radius 1 is 1.24 bits per heavy atom. The van der Waals surface area contributed by atoms with Crippen LogP contribution in [0.25, 0.3) is 11.0 Å². The SMILES string of the molecule is OC(CNc1ccnc2cccnc12)CN1CCOCC1. The monoisotopic (exact) mass is 288 g/mol. The number of hydrogen-bond acceptors (Lipinski definition) is 6. The molecule has 0 saturated carbocycles. The van der Waals surface area contributed by atoms with Gasteiger partial charge in [0.05, 0.1) is 30.5 Å². The fourth-order valence-electron chi connectivity index (χ4n) is 2.50. The molecular weight excluding hydrogens is 268 g/mol. The Kier molecular flexibility index (Phi) is 4.59. The van der Waals surface area contributed by atoms with E-state index < -0.39 is 6.10 Å². The van der Waals surface area contributed by atoms with Crippen molar-refractivity contribution >= 4 is 16.7 Å². The van der Waals surface area contributed by atoms with Crippen LogP contribution in [0.1, 0.15) is 0 Å². The zero-order valence-electron chi connectivity index (χ0n) is 11.9. The summed E-state index contributed by atoms with van der Waals surface area (Å²) in [4.78, 5) is 10.8. The van der Waals surface area contributed by atoms with Crippen molar-refractivity contribution in [1.29, 1.82) is 0 Å². The number of ether oxygens (including phenoxy) is 1. The molecule has 0 aliphatic carbocycles. The van der Waals surface area contributed by atoms with Gasteiger partial charge >= 0.3 is 0 Å². The van der Waals surface area contributed by atoms with Crippen LogP contribution >= 0.6 is 0 Å². The molecule has 1 fully saturated rings. The number of aliphatic hydroxyl groups excluding tert-OH is 1. The number of hydrogen-bond donors (Lipinski definition) is 2. The molecule has 0 radical (unpaired) electrons. The molecule has 3 heterocycles. The van der Waals surface area contributed by atoms with Crippen LogP contribution in [0.2, 0.25) is 0 Å². The van der Waals surface area contributed by atoms with E-state index >= 15 is 0 Å². The van der Waals surface area contributed by atoms with Gasteiger partial charge in [0.15, 0.2) is 0 Å². The molecule has 112 valence electrons. The Hall–Kier alpha value is -1.76. The minimum absolute atomic E-state index is 0.421. The van der Waals surface area contributed by atoms with Gasteiger partial charge < -0.3 is 15.2 Å². The van der Waals surface area contributed by atoms with Crippen molar-refractivity contribution < 1.29 is 9.84 Å². The van der Waals surface area contributed by atoms with E-state index in [0.717, 1.165) is 43.0 Å². The molecule has 1 aliphatic heterocycles. The molecule has 21 heavy (non-hydrogen) atoms. The van der Waals surface area contributed by atoms with Crippen molar-refractivity contribution in [3.05, 3.63) is 30.6 Å². The highest BCUT2D eigenvalue weighted by Crippen LogP contribution is 2.18. The van der Waals surface area contributed by atoms with Crippen LogP contribution in [-0.2, 0) is 4.74 Å². The molecule has 1 aliphatic rings. The summed E-state index contributed by atoms with van der Waals surface area (Å²) in [6.07, 6.45) is 3.08. The smallest absolute Gasteiger partial charge is 0.112 e. The molecule has 0 amide bonds. The van der Waals surface area contributed by atoms with Gasteiger partial charge in [0.25, 0.3) is 0 Å². The van der Waals surface area contributed by atoms with Crippen molar-refractivity contribution in [2.24, 2.45) is 0 Å². The van der Waals surface area contributed by atoms with Crippen LogP contribution in [0, 0.1) is 0 Å². The lowest BCUT2D eigenvalue weighted by molar-refractivity contribution is 0.0171. The van der Waals surface area contributed by atoms with Gasteiger partial charge in [-0.2, -0.15) is 0 Å². The highest BCUT2D eigenvalue weighted by atomic mass is 16.5. The minimum Gasteiger partial charge on any atom is -0.390 e. The summed E-state index contributed by atoms with van der Waals surface area (Å²) in [6.45, 7) is 4.42. The summed E-state index contributed by atoms with van der Waals surface area (Å²) in [7, 11) is 0. The number of rotatable bonds is 5. The molecule has 3 rings (SSSR count). The van der Waals surface area contributed by atoms with E-state index in [9.17, 15) is 5.11 Å². The molecule has 0 spiro atoms. The molecule has 2 N–H and O–H groups in total. The largest absolute Gasteiger partial charge is 0.390 e. The number of nitrogens with one attached hydrogen (secondary N) is 1. The lowest BCUT2D eigenvalue weighted by Gasteiger charge is -2.28. The zero-order valence-corrected chi connectivity index (χ0v) is 11.9. The van der Waals surface area contributed by atoms with E-state index in [-0.39, 0.29) is 0 Å². The first kappa shape index (κ1) is 14.2. The first-order valence-electron chi connectivity index (χ1n) is 7.25. The van der Waals surface area contributed by atoms with E-state index in [1.165, 1.54) is 0 Å². The third-order valence-corrected chi connectivity index (χ3v) is 3.60. The average molecular weight is 288 g/mol. The van der Waals surface area contributed by atoms with Crippen molar-refractivity contribution in [2.45, 2.75) is 6.10 Å². The van der Waals surface area contributed by atoms with E-state index in [0.29, 0.717) is 13.1 Å². The highest BCUT2D eigenvalue weighted by molar-refractivity contribution is 5.86. The van der Waals surface area contributed by atoms with E-state index in [4.69, 9.17) is 4.74 Å². The van der Waals surface area contributed by atoms with E-state index in [1.54, 1.807) is 12.4 Å². The molecule has 0 bridgehead atoms. The molecular formula is C15H20N4O2. The van der Waals surface area contributed by atoms with Crippen molar-refractivity contribution in [3.63, 3.8) is 0 Å². The fourth-order valence-corrected chi connectivity index (χ4v) is 2.50. The number of nitrogens with zero attached hydrogens (tertiary/aromatic N) is 3. The van der Waals surface area contributed by atoms with Gasteiger partial charge in [0.2, 0.25) is 0 Å². The fraction of sp³-hybridized carbons (Fsp3) is 0.467. The predicted octanol–water partition coefficient (Wildman–Crippen LogP) is 0.735. The number of aromatic nitrogens is 2. The number of fused-ring (bicyclic) bond motifs is 1. The molecule has 6 nitrogen and oxygen atoms in total. The maximum absolute atomic E-state index is 10.2. The topological polar surface area (TPSA) is 70.5 Å². The lowest BCUT2D eigenvalue weighted by atomic mass is 10.2. The Morgan fingerprint density at radius 3 is 2.95 bits per heavy atom. The maximum Gasteiger partial charge on any atom is 0.112 e. The Bertz CT molecular complexity index is 581. The summed E-state index contributed by atoms with van der Waals surface area (Å²) in [6, 6.07) is 5.68. The maximum atomic E-state index is 10.2. The van der Waals surface area contributed by atoms with Gasteiger partial charge in [-0.1, -0.05) is 0 Å². The van der Waals surface area contributed by atoms with Crippen LogP contribution in [0.4, 0.5) is 5.69 Å². The van der Waals surface area contributed by atoms with Gasteiger partial charge in [-0.25, -0.2) is 0 Å². The van der Waals surface area contributed by atoms with Crippen LogP contribution in [-0.4, -0.2) is 65.5 Å². The summed E-state index contributed by atoms with van der Waals surface area (Å²) in [5.74, 6) is 0. The zero-order chi connectivity index (χ0) is 14.5. The van der Waals surface area contributed by atoms with Gasteiger partial charge in [-0.3, -0.25) is 14.9 Å². The second-order valence-corrected chi connectivity index (χ2v) is 5.18. The molecule has 1 atom stereocenters. The average Bonchev–Trinajstić information content (AvgIpc) is 2.54. The summed E-state index contributed by atoms with van der Waals surface area (Å²) in [5.41, 5.74) is 2.59. The van der Waals surface area contributed by atoms with E-state index in [1.807, 2.05) is 18.2 Å². The molecule has 2 aromatic rings.